The molecule has 0 aromatic heterocycles. The van der Waals surface area contributed by atoms with E-state index in [9.17, 15) is 0 Å². The summed E-state index contributed by atoms with van der Waals surface area (Å²) in [6.45, 7) is 10.8. The van der Waals surface area contributed by atoms with Gasteiger partial charge in [-0.25, -0.2) is 0 Å². The largest absolute Gasteiger partial charge is 0.313 e. The first-order valence-electron chi connectivity index (χ1n) is 6.11. The molecular formula is C15H23N. The summed E-state index contributed by atoms with van der Waals surface area (Å²) in [4.78, 5) is 0. The topological polar surface area (TPSA) is 12.0 Å². The maximum atomic E-state index is 3.40. The van der Waals surface area contributed by atoms with Gasteiger partial charge in [-0.15, -0.1) is 0 Å². The van der Waals surface area contributed by atoms with Gasteiger partial charge in [0.25, 0.3) is 0 Å². The minimum Gasteiger partial charge on any atom is -0.313 e. The molecule has 0 atom stereocenters. The zero-order valence-electron chi connectivity index (χ0n) is 10.9. The van der Waals surface area contributed by atoms with E-state index in [-0.39, 0.29) is 0 Å². The Bertz CT molecular complexity index is 350. The first-order valence-corrected chi connectivity index (χ1v) is 6.11. The fraction of sp³-hybridized carbons (Fsp3) is 0.467. The van der Waals surface area contributed by atoms with Crippen molar-refractivity contribution in [3.8, 4) is 0 Å². The van der Waals surface area contributed by atoms with Gasteiger partial charge in [-0.1, -0.05) is 62.2 Å². The van der Waals surface area contributed by atoms with Gasteiger partial charge in [0, 0.05) is 6.54 Å². The predicted octanol–water partition coefficient (Wildman–Crippen LogP) is 3.64. The molecule has 1 N–H and O–H groups in total. The van der Waals surface area contributed by atoms with E-state index >= 15 is 0 Å². The Hall–Kier alpha value is -1.08. The highest BCUT2D eigenvalue weighted by atomic mass is 14.8. The molecule has 0 saturated heterocycles. The van der Waals surface area contributed by atoms with Gasteiger partial charge in [0.15, 0.2) is 0 Å². The van der Waals surface area contributed by atoms with Crippen molar-refractivity contribution in [1.82, 2.24) is 5.32 Å². The molecular weight excluding hydrogens is 194 g/mol. The van der Waals surface area contributed by atoms with Crippen molar-refractivity contribution in [2.24, 2.45) is 5.92 Å². The van der Waals surface area contributed by atoms with Crippen molar-refractivity contribution < 1.29 is 0 Å². The Balaban J connectivity index is 2.84. The van der Waals surface area contributed by atoms with Gasteiger partial charge < -0.3 is 5.32 Å². The van der Waals surface area contributed by atoms with Crippen LogP contribution in [-0.4, -0.2) is 13.1 Å². The van der Waals surface area contributed by atoms with Crippen LogP contribution in [-0.2, 0) is 0 Å². The number of hydrogen-bond acceptors (Lipinski definition) is 1. The van der Waals surface area contributed by atoms with Crippen molar-refractivity contribution in [1.29, 1.82) is 0 Å². The molecule has 1 heteroatoms. The van der Waals surface area contributed by atoms with Crippen LogP contribution in [0.3, 0.4) is 0 Å². The molecule has 1 aromatic rings. The highest BCUT2D eigenvalue weighted by Crippen LogP contribution is 2.15. The van der Waals surface area contributed by atoms with Gasteiger partial charge in [0.1, 0.15) is 0 Å². The molecule has 0 saturated carbocycles. The quantitative estimate of drug-likeness (QED) is 0.794. The summed E-state index contributed by atoms with van der Waals surface area (Å²) >= 11 is 0. The lowest BCUT2D eigenvalue weighted by molar-refractivity contribution is 0.682. The van der Waals surface area contributed by atoms with Gasteiger partial charge in [-0.3, -0.25) is 0 Å². The maximum Gasteiger partial charge on any atom is 0.0170 e. The summed E-state index contributed by atoms with van der Waals surface area (Å²) in [7, 11) is 0. The van der Waals surface area contributed by atoms with E-state index < -0.39 is 0 Å². The number of benzene rings is 1. The summed E-state index contributed by atoms with van der Waals surface area (Å²) in [5, 5.41) is 3.40. The summed E-state index contributed by atoms with van der Waals surface area (Å²) in [5.41, 5.74) is 4.09. The minimum atomic E-state index is 0.597. The van der Waals surface area contributed by atoms with E-state index in [1.54, 1.807) is 0 Å². The van der Waals surface area contributed by atoms with Crippen LogP contribution < -0.4 is 5.32 Å². The predicted molar refractivity (Wildman–Crippen MR) is 72.5 cm³/mol. The molecule has 0 aliphatic carbocycles. The molecule has 0 heterocycles. The standard InChI is InChI=1S/C15H23N/c1-5-16-11-15(12(2)3)10-14-8-6-7-13(4)9-14/h6-10,12,16H,5,11H2,1-4H3. The van der Waals surface area contributed by atoms with Crippen molar-refractivity contribution >= 4 is 6.08 Å². The van der Waals surface area contributed by atoms with Crippen LogP contribution in [0.4, 0.5) is 0 Å². The molecule has 0 fully saturated rings. The van der Waals surface area contributed by atoms with Gasteiger partial charge >= 0.3 is 0 Å². The molecule has 1 aromatic carbocycles. The molecule has 0 unspecified atom stereocenters. The fourth-order valence-corrected chi connectivity index (χ4v) is 1.67. The van der Waals surface area contributed by atoms with E-state index in [0.29, 0.717) is 5.92 Å². The van der Waals surface area contributed by atoms with Crippen LogP contribution in [0.15, 0.2) is 29.8 Å². The molecule has 0 aliphatic rings. The average Bonchev–Trinajstić information content (AvgIpc) is 2.24. The van der Waals surface area contributed by atoms with Gasteiger partial charge in [-0.2, -0.15) is 0 Å². The van der Waals surface area contributed by atoms with Crippen LogP contribution in [0.25, 0.3) is 6.08 Å². The Morgan fingerprint density at radius 2 is 2.12 bits per heavy atom. The monoisotopic (exact) mass is 217 g/mol. The normalized spacial score (nSPS) is 12.2. The maximum absolute atomic E-state index is 3.40. The molecule has 1 rings (SSSR count). The lowest BCUT2D eigenvalue weighted by Crippen LogP contribution is -2.18. The zero-order valence-corrected chi connectivity index (χ0v) is 10.9. The lowest BCUT2D eigenvalue weighted by Gasteiger charge is -2.12. The molecule has 88 valence electrons. The van der Waals surface area contributed by atoms with Crippen molar-refractivity contribution in [3.05, 3.63) is 41.0 Å². The van der Waals surface area contributed by atoms with Crippen LogP contribution in [0, 0.1) is 12.8 Å². The molecule has 0 aliphatic heterocycles. The third kappa shape index (κ3) is 4.19. The molecule has 0 amide bonds. The van der Waals surface area contributed by atoms with Crippen LogP contribution >= 0.6 is 0 Å². The van der Waals surface area contributed by atoms with E-state index in [1.807, 2.05) is 0 Å². The van der Waals surface area contributed by atoms with Gasteiger partial charge in [0.05, 0.1) is 0 Å². The zero-order chi connectivity index (χ0) is 12.0. The van der Waals surface area contributed by atoms with Gasteiger partial charge in [0.2, 0.25) is 0 Å². The number of aryl methyl sites for hydroxylation is 1. The molecule has 1 nitrogen and oxygen atoms in total. The van der Waals surface area contributed by atoms with E-state index in [2.05, 4.69) is 63.4 Å². The highest BCUT2D eigenvalue weighted by Gasteiger charge is 2.02. The van der Waals surface area contributed by atoms with E-state index in [4.69, 9.17) is 0 Å². The number of likely N-dealkylation sites (N-methyl/N-ethyl adjacent to an activating group) is 1. The summed E-state index contributed by atoms with van der Waals surface area (Å²) in [6.07, 6.45) is 2.31. The van der Waals surface area contributed by atoms with Crippen molar-refractivity contribution in [3.63, 3.8) is 0 Å². The molecule has 0 radical (unpaired) electrons. The lowest BCUT2D eigenvalue weighted by atomic mass is 9.99. The Morgan fingerprint density at radius 1 is 1.38 bits per heavy atom. The van der Waals surface area contributed by atoms with Crippen molar-refractivity contribution in [2.45, 2.75) is 27.7 Å². The average molecular weight is 217 g/mol. The smallest absolute Gasteiger partial charge is 0.0170 e. The second-order valence-electron chi connectivity index (χ2n) is 4.57. The highest BCUT2D eigenvalue weighted by molar-refractivity contribution is 5.54. The number of nitrogens with one attached hydrogen (secondary N) is 1. The Labute approximate surface area is 99.6 Å². The van der Waals surface area contributed by atoms with Crippen LogP contribution in [0.1, 0.15) is 31.9 Å². The summed E-state index contributed by atoms with van der Waals surface area (Å²) in [5.74, 6) is 0.597. The summed E-state index contributed by atoms with van der Waals surface area (Å²) in [6, 6.07) is 8.65. The van der Waals surface area contributed by atoms with Crippen molar-refractivity contribution in [2.75, 3.05) is 13.1 Å². The second kappa shape index (κ2) is 6.49. The first-order chi connectivity index (χ1) is 7.63. The SMILES string of the molecule is CCNCC(=Cc1cccc(C)c1)C(C)C. The molecule has 16 heavy (non-hydrogen) atoms. The second-order valence-corrected chi connectivity index (χ2v) is 4.57. The van der Waals surface area contributed by atoms with Crippen LogP contribution in [0.5, 0.6) is 0 Å². The number of rotatable bonds is 5. The third-order valence-corrected chi connectivity index (χ3v) is 2.71. The first kappa shape index (κ1) is 13.0. The van der Waals surface area contributed by atoms with E-state index in [1.165, 1.54) is 16.7 Å². The molecule has 0 bridgehead atoms. The van der Waals surface area contributed by atoms with Gasteiger partial charge in [-0.05, 0) is 24.9 Å². The third-order valence-electron chi connectivity index (χ3n) is 2.71. The van der Waals surface area contributed by atoms with E-state index in [0.717, 1.165) is 13.1 Å². The molecule has 0 spiro atoms. The minimum absolute atomic E-state index is 0.597. The summed E-state index contributed by atoms with van der Waals surface area (Å²) < 4.78 is 0. The Kier molecular flexibility index (Phi) is 5.27. The fourth-order valence-electron chi connectivity index (χ4n) is 1.67. The Morgan fingerprint density at radius 3 is 2.69 bits per heavy atom. The number of hydrogen-bond donors (Lipinski definition) is 1. The van der Waals surface area contributed by atoms with Crippen LogP contribution in [0.2, 0.25) is 0 Å².